The Labute approximate surface area is 304 Å². The predicted molar refractivity (Wildman–Crippen MR) is 189 cm³/mol. The number of halogens is 7. The van der Waals surface area contributed by atoms with E-state index in [-0.39, 0.29) is 11.4 Å². The molecule has 250 valence electrons. The molecule has 15 heteroatoms. The van der Waals surface area contributed by atoms with Gasteiger partial charge in [0.25, 0.3) is 5.91 Å². The van der Waals surface area contributed by atoms with E-state index in [4.69, 9.17) is 23.2 Å². The number of aromatic nitrogens is 4. The van der Waals surface area contributed by atoms with Gasteiger partial charge in [-0.2, -0.15) is 13.2 Å². The summed E-state index contributed by atoms with van der Waals surface area (Å²) in [5, 5.41) is 12.0. The second-order valence-electron chi connectivity index (χ2n) is 10.2. The van der Waals surface area contributed by atoms with Gasteiger partial charge < -0.3 is 10.4 Å². The molecule has 6 rings (SSSR count). The van der Waals surface area contributed by atoms with Crippen LogP contribution >= 0.6 is 55.1 Å². The van der Waals surface area contributed by atoms with E-state index in [0.717, 1.165) is 14.6 Å². The molecular weight excluding hydrogens is 814 g/mol. The maximum Gasteiger partial charge on any atom is 0.405 e. The maximum absolute atomic E-state index is 12.4. The lowest BCUT2D eigenvalue weighted by Gasteiger charge is -2.09. The fourth-order valence-corrected chi connectivity index (χ4v) is 5.48. The summed E-state index contributed by atoms with van der Waals surface area (Å²) in [6.07, 6.45) is -1.63. The molecule has 0 atom stereocenters. The van der Waals surface area contributed by atoms with E-state index in [1.807, 2.05) is 47.8 Å². The van der Waals surface area contributed by atoms with Crippen molar-refractivity contribution in [3.8, 4) is 34.2 Å². The minimum atomic E-state index is -4.50. The number of alkyl halides is 3. The van der Waals surface area contributed by atoms with Crippen LogP contribution < -0.4 is 5.32 Å². The van der Waals surface area contributed by atoms with Crippen molar-refractivity contribution in [2.24, 2.45) is 0 Å². The molecule has 8 nitrogen and oxygen atoms in total. The van der Waals surface area contributed by atoms with Crippen LogP contribution in [0.15, 0.2) is 118 Å². The van der Waals surface area contributed by atoms with E-state index in [1.54, 1.807) is 63.7 Å². The smallest absolute Gasteiger partial charge is 0.405 e. The van der Waals surface area contributed by atoms with Crippen molar-refractivity contribution in [3.63, 3.8) is 0 Å². The Balaban J connectivity index is 0.000000195. The maximum atomic E-state index is 12.4. The molecule has 0 fully saturated rings. The van der Waals surface area contributed by atoms with E-state index in [2.05, 4.69) is 41.8 Å². The first kappa shape index (κ1) is 35.9. The number of rotatable bonds is 7. The monoisotopic (exact) mass is 833 g/mol. The van der Waals surface area contributed by atoms with Gasteiger partial charge in [0, 0.05) is 43.8 Å². The Morgan fingerprint density at radius 1 is 0.694 bits per heavy atom. The summed E-state index contributed by atoms with van der Waals surface area (Å²) in [6, 6.07) is 28.8. The zero-order valence-electron chi connectivity index (χ0n) is 24.8. The Morgan fingerprint density at radius 2 is 1.10 bits per heavy atom. The molecule has 2 aromatic heterocycles. The van der Waals surface area contributed by atoms with Gasteiger partial charge in [0.05, 0.1) is 10.0 Å². The number of amides is 1. The molecule has 6 aromatic rings. The first-order chi connectivity index (χ1) is 23.3. The van der Waals surface area contributed by atoms with Gasteiger partial charge in [0.2, 0.25) is 0 Å². The summed E-state index contributed by atoms with van der Waals surface area (Å²) in [4.78, 5) is 31.8. The van der Waals surface area contributed by atoms with Crippen molar-refractivity contribution in [1.82, 2.24) is 24.4 Å². The third-order valence-electron chi connectivity index (χ3n) is 6.75. The first-order valence-corrected chi connectivity index (χ1v) is 16.4. The van der Waals surface area contributed by atoms with Crippen LogP contribution in [0, 0.1) is 0 Å². The summed E-state index contributed by atoms with van der Waals surface area (Å²) in [5.74, 6) is -1.16. The molecular formula is C34H22Br2Cl2F3N5O3. The minimum absolute atomic E-state index is 0.0298. The van der Waals surface area contributed by atoms with E-state index in [9.17, 15) is 27.9 Å². The molecule has 49 heavy (non-hydrogen) atoms. The molecule has 0 aliphatic heterocycles. The zero-order valence-corrected chi connectivity index (χ0v) is 29.5. The van der Waals surface area contributed by atoms with Crippen molar-refractivity contribution in [2.75, 3.05) is 6.54 Å². The quantitative estimate of drug-likeness (QED) is 0.167. The van der Waals surface area contributed by atoms with Crippen LogP contribution in [-0.4, -0.2) is 48.8 Å². The molecule has 0 saturated carbocycles. The zero-order chi connectivity index (χ0) is 35.3. The Kier molecular flexibility index (Phi) is 11.3. The molecule has 2 heterocycles. The van der Waals surface area contributed by atoms with Crippen LogP contribution in [-0.2, 0) is 0 Å². The number of benzene rings is 4. The number of carboxylic acid groups (broad SMARTS) is 1. The number of imidazole rings is 2. The van der Waals surface area contributed by atoms with Gasteiger partial charge in [0.1, 0.15) is 23.9 Å². The largest absolute Gasteiger partial charge is 0.476 e. The molecule has 0 aliphatic carbocycles. The third kappa shape index (κ3) is 8.98. The van der Waals surface area contributed by atoms with Crippen LogP contribution in [0.5, 0.6) is 0 Å². The first-order valence-electron chi connectivity index (χ1n) is 14.1. The average molecular weight is 836 g/mol. The molecule has 1 amide bonds. The van der Waals surface area contributed by atoms with Crippen LogP contribution in [0.3, 0.4) is 0 Å². The van der Waals surface area contributed by atoms with E-state index < -0.39 is 24.6 Å². The average Bonchev–Trinajstić information content (AvgIpc) is 3.71. The SMILES string of the molecule is O=C(NCC(F)(F)F)c1cn(-c2ccc(Br)cc2)c(-c2ccccc2Cl)n1.O=C(O)c1cn(-c2ccc(Br)cc2)c(-c2ccccc2Cl)n1. The standard InChI is InChI=1S/C18H12BrClF3N3O.C16H10BrClN2O2/c19-11-5-7-12(8-6-11)26-9-15(17(27)24-10-18(21,22)23)25-16(26)13-3-1-2-4-14(13)20;17-10-5-7-11(8-6-10)20-9-14(16(21)22)19-15(20)12-3-1-2-4-13(12)18/h1-9H,10H2,(H,24,27);1-9H,(H,21,22). The summed E-state index contributed by atoms with van der Waals surface area (Å²) in [7, 11) is 0. The molecule has 4 aromatic carbocycles. The van der Waals surface area contributed by atoms with Crippen LogP contribution in [0.4, 0.5) is 13.2 Å². The number of hydrogen-bond acceptors (Lipinski definition) is 4. The van der Waals surface area contributed by atoms with Gasteiger partial charge >= 0.3 is 12.1 Å². The van der Waals surface area contributed by atoms with Gasteiger partial charge in [-0.25, -0.2) is 14.8 Å². The molecule has 0 bridgehead atoms. The molecule has 0 radical (unpaired) electrons. The van der Waals surface area contributed by atoms with Crippen molar-refractivity contribution in [2.45, 2.75) is 6.18 Å². The number of carbonyl (C=O) groups is 2. The number of carbonyl (C=O) groups excluding carboxylic acids is 1. The highest BCUT2D eigenvalue weighted by Crippen LogP contribution is 2.31. The topological polar surface area (TPSA) is 102 Å². The lowest BCUT2D eigenvalue weighted by atomic mass is 10.2. The number of carboxylic acids is 1. The fourth-order valence-electron chi connectivity index (χ4n) is 4.51. The van der Waals surface area contributed by atoms with Crippen molar-refractivity contribution in [3.05, 3.63) is 140 Å². The minimum Gasteiger partial charge on any atom is -0.476 e. The van der Waals surface area contributed by atoms with Crippen molar-refractivity contribution < 1.29 is 27.9 Å². The highest BCUT2D eigenvalue weighted by Gasteiger charge is 2.29. The summed E-state index contributed by atoms with van der Waals surface area (Å²) in [6.45, 7) is -1.43. The lowest BCUT2D eigenvalue weighted by molar-refractivity contribution is -0.123. The molecule has 0 unspecified atom stereocenters. The Bertz CT molecular complexity index is 2120. The third-order valence-corrected chi connectivity index (χ3v) is 8.47. The molecule has 2 N–H and O–H groups in total. The van der Waals surface area contributed by atoms with Crippen LogP contribution in [0.1, 0.15) is 21.0 Å². The molecule has 0 saturated heterocycles. The number of hydrogen-bond donors (Lipinski definition) is 2. The van der Waals surface area contributed by atoms with Gasteiger partial charge in [-0.15, -0.1) is 0 Å². The second-order valence-corrected chi connectivity index (χ2v) is 12.8. The van der Waals surface area contributed by atoms with Gasteiger partial charge in [-0.1, -0.05) is 79.3 Å². The van der Waals surface area contributed by atoms with Crippen LogP contribution in [0.25, 0.3) is 34.2 Å². The number of nitrogens with zero attached hydrogens (tertiary/aromatic N) is 4. The van der Waals surface area contributed by atoms with E-state index in [1.165, 1.54) is 12.4 Å². The Morgan fingerprint density at radius 3 is 1.51 bits per heavy atom. The normalized spacial score (nSPS) is 11.1. The fraction of sp³-hybridized carbons (Fsp3) is 0.0588. The van der Waals surface area contributed by atoms with Gasteiger partial charge in [-0.3, -0.25) is 13.9 Å². The highest BCUT2D eigenvalue weighted by atomic mass is 79.9. The van der Waals surface area contributed by atoms with E-state index >= 15 is 0 Å². The molecule has 0 aliphatic rings. The van der Waals surface area contributed by atoms with Crippen molar-refractivity contribution >= 4 is 66.9 Å². The van der Waals surface area contributed by atoms with Crippen molar-refractivity contribution in [1.29, 1.82) is 0 Å². The molecule has 0 spiro atoms. The van der Waals surface area contributed by atoms with Gasteiger partial charge in [-0.05, 0) is 72.8 Å². The number of aromatic carboxylic acids is 1. The predicted octanol–water partition coefficient (Wildman–Crippen LogP) is 9.90. The van der Waals surface area contributed by atoms with E-state index in [0.29, 0.717) is 38.5 Å². The number of nitrogens with one attached hydrogen (secondary N) is 1. The Hall–Kier alpha value is -4.43. The lowest BCUT2D eigenvalue weighted by Crippen LogP contribution is -2.33. The second kappa shape index (κ2) is 15.4. The van der Waals surface area contributed by atoms with Crippen LogP contribution in [0.2, 0.25) is 10.0 Å². The summed E-state index contributed by atoms with van der Waals surface area (Å²) >= 11 is 19.2. The summed E-state index contributed by atoms with van der Waals surface area (Å²) in [5.41, 5.74) is 2.54. The highest BCUT2D eigenvalue weighted by molar-refractivity contribution is 9.10. The van der Waals surface area contributed by atoms with Gasteiger partial charge in [0.15, 0.2) is 5.69 Å². The summed E-state index contributed by atoms with van der Waals surface area (Å²) < 4.78 is 42.2.